The Kier molecular flexibility index (Phi) is 8.00. The summed E-state index contributed by atoms with van der Waals surface area (Å²) in [5, 5.41) is 0. The first-order valence-corrected chi connectivity index (χ1v) is 9.35. The van der Waals surface area contributed by atoms with E-state index in [-0.39, 0.29) is 13.0 Å². The topological polar surface area (TPSA) is 61.8 Å². The van der Waals surface area contributed by atoms with Crippen LogP contribution in [0.5, 0.6) is 0 Å². The number of carbonyl (C=O) groups is 2. The van der Waals surface area contributed by atoms with Crippen molar-refractivity contribution >= 4 is 11.9 Å². The van der Waals surface area contributed by atoms with Crippen LogP contribution >= 0.6 is 0 Å². The van der Waals surface area contributed by atoms with Crippen molar-refractivity contribution in [1.82, 2.24) is 0 Å². The lowest BCUT2D eigenvalue weighted by Crippen LogP contribution is -2.53. The van der Waals surface area contributed by atoms with Gasteiger partial charge in [-0.15, -0.1) is 0 Å². The van der Waals surface area contributed by atoms with Crippen LogP contribution in [0.4, 0.5) is 13.2 Å². The van der Waals surface area contributed by atoms with Crippen molar-refractivity contribution in [3.63, 3.8) is 0 Å². The quantitative estimate of drug-likeness (QED) is 0.565. The Labute approximate surface area is 172 Å². The molecule has 0 saturated carbocycles. The zero-order valence-electron chi connectivity index (χ0n) is 16.6. The van der Waals surface area contributed by atoms with Crippen molar-refractivity contribution in [3.05, 3.63) is 71.8 Å². The number of halogens is 3. The second-order valence-electron chi connectivity index (χ2n) is 6.42. The Bertz CT molecular complexity index is 824. The second kappa shape index (κ2) is 10.2. The maximum Gasteiger partial charge on any atom is 0.432 e. The third kappa shape index (κ3) is 5.18. The van der Waals surface area contributed by atoms with Gasteiger partial charge >= 0.3 is 18.1 Å². The van der Waals surface area contributed by atoms with Crippen LogP contribution in [0.3, 0.4) is 0 Å². The van der Waals surface area contributed by atoms with Gasteiger partial charge in [0.25, 0.3) is 5.60 Å². The molecule has 2 aromatic carbocycles. The van der Waals surface area contributed by atoms with E-state index in [9.17, 15) is 22.8 Å². The fraction of sp³-hybridized carbons (Fsp3) is 0.364. The summed E-state index contributed by atoms with van der Waals surface area (Å²) in [6, 6.07) is 15.4. The van der Waals surface area contributed by atoms with Crippen LogP contribution in [0.2, 0.25) is 0 Å². The second-order valence-corrected chi connectivity index (χ2v) is 6.42. The molecule has 0 aliphatic rings. The molecule has 0 aliphatic carbocycles. The van der Waals surface area contributed by atoms with Crippen LogP contribution in [0, 0.1) is 0 Å². The zero-order chi connectivity index (χ0) is 22.2. The molecule has 0 N–H and O–H groups in total. The Morgan fingerprint density at radius 3 is 2.03 bits per heavy atom. The van der Waals surface area contributed by atoms with Crippen molar-refractivity contribution in [2.45, 2.75) is 37.6 Å². The SMILES string of the molecule is CCOC(=O)[C@@H](CCc1ccccc1)OC(=O)[C@](OC)(c1ccccc1)C(F)(F)F. The minimum atomic E-state index is -5.13. The number of ether oxygens (including phenoxy) is 3. The Morgan fingerprint density at radius 1 is 0.967 bits per heavy atom. The molecule has 5 nitrogen and oxygen atoms in total. The van der Waals surface area contributed by atoms with Crippen LogP contribution in [0.15, 0.2) is 60.7 Å². The molecule has 0 heterocycles. The highest BCUT2D eigenvalue weighted by atomic mass is 19.4. The largest absolute Gasteiger partial charge is 0.463 e. The van der Waals surface area contributed by atoms with E-state index in [4.69, 9.17) is 14.2 Å². The van der Waals surface area contributed by atoms with E-state index >= 15 is 0 Å². The lowest BCUT2D eigenvalue weighted by molar-refractivity contribution is -0.278. The molecule has 2 rings (SSSR count). The van der Waals surface area contributed by atoms with Gasteiger partial charge in [-0.25, -0.2) is 9.59 Å². The Morgan fingerprint density at radius 2 is 1.53 bits per heavy atom. The summed E-state index contributed by atoms with van der Waals surface area (Å²) in [5.74, 6) is -2.64. The summed E-state index contributed by atoms with van der Waals surface area (Å²) >= 11 is 0. The van der Waals surface area contributed by atoms with Crippen LogP contribution in [-0.4, -0.2) is 37.9 Å². The van der Waals surface area contributed by atoms with Crippen molar-refractivity contribution in [2.24, 2.45) is 0 Å². The molecule has 0 saturated heterocycles. The van der Waals surface area contributed by atoms with Gasteiger partial charge in [0, 0.05) is 12.7 Å². The summed E-state index contributed by atoms with van der Waals surface area (Å²) in [7, 11) is 0.769. The van der Waals surface area contributed by atoms with Crippen LogP contribution in [0.25, 0.3) is 0 Å². The molecule has 2 atom stereocenters. The number of benzene rings is 2. The van der Waals surface area contributed by atoms with E-state index in [2.05, 4.69) is 0 Å². The van der Waals surface area contributed by atoms with Crippen LogP contribution in [0.1, 0.15) is 24.5 Å². The fourth-order valence-corrected chi connectivity index (χ4v) is 3.00. The van der Waals surface area contributed by atoms with Gasteiger partial charge in [0.2, 0.25) is 0 Å². The summed E-state index contributed by atoms with van der Waals surface area (Å²) < 4.78 is 56.7. The molecular formula is C22H23F3O5. The van der Waals surface area contributed by atoms with Gasteiger partial charge in [0.15, 0.2) is 6.10 Å². The number of esters is 2. The molecule has 0 bridgehead atoms. The van der Waals surface area contributed by atoms with Gasteiger partial charge in [0.05, 0.1) is 6.61 Å². The molecule has 8 heteroatoms. The van der Waals surface area contributed by atoms with Crippen LogP contribution in [-0.2, 0) is 35.8 Å². The number of rotatable bonds is 9. The molecule has 162 valence electrons. The smallest absolute Gasteiger partial charge is 0.432 e. The molecule has 30 heavy (non-hydrogen) atoms. The zero-order valence-corrected chi connectivity index (χ0v) is 16.6. The number of hydrogen-bond acceptors (Lipinski definition) is 5. The van der Waals surface area contributed by atoms with Gasteiger partial charge in [-0.2, -0.15) is 13.2 Å². The standard InChI is InChI=1S/C22H23F3O5/c1-3-29-19(26)18(15-14-16-10-6-4-7-11-16)30-20(27)21(28-2,22(23,24)25)17-12-8-5-9-13-17/h4-13,18H,3,14-15H2,1-2H3/t18-,21-/m1/s1. The third-order valence-corrected chi connectivity index (χ3v) is 4.51. The number of carbonyl (C=O) groups excluding carboxylic acids is 2. The molecule has 2 aromatic rings. The van der Waals surface area contributed by atoms with E-state index in [1.54, 1.807) is 31.2 Å². The van der Waals surface area contributed by atoms with Crippen molar-refractivity contribution in [1.29, 1.82) is 0 Å². The number of hydrogen-bond donors (Lipinski definition) is 0. The Balaban J connectivity index is 2.33. The maximum absolute atomic E-state index is 14.0. The summed E-state index contributed by atoms with van der Waals surface area (Å²) in [6.45, 7) is 1.54. The molecule has 0 radical (unpaired) electrons. The molecule has 0 aromatic heterocycles. The average molecular weight is 424 g/mol. The molecule has 0 spiro atoms. The van der Waals surface area contributed by atoms with Gasteiger partial charge in [-0.3, -0.25) is 0 Å². The first-order chi connectivity index (χ1) is 14.3. The summed E-state index contributed by atoms with van der Waals surface area (Å²) in [4.78, 5) is 25.1. The van der Waals surface area contributed by atoms with Gasteiger partial charge in [0.1, 0.15) is 0 Å². The third-order valence-electron chi connectivity index (χ3n) is 4.51. The van der Waals surface area contributed by atoms with E-state index < -0.39 is 35.4 Å². The van der Waals surface area contributed by atoms with Crippen LogP contribution < -0.4 is 0 Å². The normalized spacial score (nSPS) is 14.4. The lowest BCUT2D eigenvalue weighted by atomic mass is 9.92. The average Bonchev–Trinajstić information content (AvgIpc) is 2.72. The predicted octanol–water partition coefficient (Wildman–Crippen LogP) is 4.20. The number of methoxy groups -OCH3 is 1. The summed E-state index contributed by atoms with van der Waals surface area (Å²) in [6.07, 6.45) is -6.38. The van der Waals surface area contributed by atoms with E-state index in [0.29, 0.717) is 6.42 Å². The fourth-order valence-electron chi connectivity index (χ4n) is 3.00. The van der Waals surface area contributed by atoms with Gasteiger partial charge in [-0.1, -0.05) is 60.7 Å². The monoisotopic (exact) mass is 424 g/mol. The molecular weight excluding hydrogens is 401 g/mol. The van der Waals surface area contributed by atoms with E-state index in [1.165, 1.54) is 18.2 Å². The van der Waals surface area contributed by atoms with E-state index in [0.717, 1.165) is 24.8 Å². The molecule has 0 fully saturated rings. The molecule has 0 unspecified atom stereocenters. The minimum Gasteiger partial charge on any atom is -0.463 e. The van der Waals surface area contributed by atoms with Gasteiger partial charge in [-0.05, 0) is 25.3 Å². The number of aryl methyl sites for hydroxylation is 1. The van der Waals surface area contributed by atoms with Crippen molar-refractivity contribution in [3.8, 4) is 0 Å². The first-order valence-electron chi connectivity index (χ1n) is 9.35. The molecule has 0 aliphatic heterocycles. The highest BCUT2D eigenvalue weighted by molar-refractivity contribution is 5.86. The first kappa shape index (κ1) is 23.4. The molecule has 0 amide bonds. The highest BCUT2D eigenvalue weighted by Gasteiger charge is 2.64. The van der Waals surface area contributed by atoms with Gasteiger partial charge < -0.3 is 14.2 Å². The predicted molar refractivity (Wildman–Crippen MR) is 102 cm³/mol. The van der Waals surface area contributed by atoms with E-state index in [1.807, 2.05) is 6.07 Å². The van der Waals surface area contributed by atoms with Crippen molar-refractivity contribution in [2.75, 3.05) is 13.7 Å². The van der Waals surface area contributed by atoms with Crippen molar-refractivity contribution < 1.29 is 37.0 Å². The lowest BCUT2D eigenvalue weighted by Gasteiger charge is -2.33. The highest BCUT2D eigenvalue weighted by Crippen LogP contribution is 2.43. The number of alkyl halides is 3. The minimum absolute atomic E-state index is 0.00834. The maximum atomic E-state index is 14.0. The Hall–Kier alpha value is -2.87. The summed E-state index contributed by atoms with van der Waals surface area (Å²) in [5.41, 5.74) is -2.98.